The third kappa shape index (κ3) is 1.84. The minimum atomic E-state index is -0.365. The molecule has 1 aromatic carbocycles. The Kier molecular flexibility index (Phi) is 2.91. The molecule has 2 aliphatic heterocycles. The molecule has 1 aromatic rings. The van der Waals surface area contributed by atoms with Crippen molar-refractivity contribution in [2.24, 2.45) is 0 Å². The smallest absolute Gasteiger partial charge is 0.255 e. The molecule has 0 bridgehead atoms. The third-order valence-corrected chi connectivity index (χ3v) is 3.54. The van der Waals surface area contributed by atoms with Crippen LogP contribution in [0.3, 0.4) is 0 Å². The molecule has 1 unspecified atom stereocenters. The first-order valence-electron chi connectivity index (χ1n) is 6.27. The molecule has 0 aliphatic carbocycles. The summed E-state index contributed by atoms with van der Waals surface area (Å²) in [5, 5.41) is 6.24. The van der Waals surface area contributed by atoms with E-state index in [1.165, 1.54) is 0 Å². The summed E-state index contributed by atoms with van der Waals surface area (Å²) in [5.41, 5.74) is 2.58. The van der Waals surface area contributed by atoms with Crippen LogP contribution in [-0.4, -0.2) is 38.4 Å². The van der Waals surface area contributed by atoms with E-state index in [-0.39, 0.29) is 18.7 Å². The van der Waals surface area contributed by atoms with Gasteiger partial charge in [0, 0.05) is 26.1 Å². The van der Waals surface area contributed by atoms with Gasteiger partial charge in [0.1, 0.15) is 6.17 Å². The number of benzene rings is 1. The van der Waals surface area contributed by atoms with Crippen molar-refractivity contribution in [3.05, 3.63) is 29.3 Å². The normalized spacial score (nSPS) is 22.2. The lowest BCUT2D eigenvalue weighted by molar-refractivity contribution is 0.0923. The van der Waals surface area contributed by atoms with Gasteiger partial charge in [-0.05, 0) is 17.7 Å². The molecule has 1 fully saturated rings. The van der Waals surface area contributed by atoms with Gasteiger partial charge in [-0.15, -0.1) is 0 Å². The third-order valence-electron chi connectivity index (χ3n) is 3.54. The summed E-state index contributed by atoms with van der Waals surface area (Å²) in [5.74, 6) is -0.0400. The van der Waals surface area contributed by atoms with Gasteiger partial charge in [-0.1, -0.05) is 6.07 Å². The molecule has 0 saturated carbocycles. The summed E-state index contributed by atoms with van der Waals surface area (Å²) < 4.78 is 12.4. The number of piperazine rings is 1. The van der Waals surface area contributed by atoms with Crippen molar-refractivity contribution in [3.8, 4) is 0 Å². The van der Waals surface area contributed by atoms with E-state index >= 15 is 0 Å². The zero-order chi connectivity index (χ0) is 12.5. The van der Waals surface area contributed by atoms with Gasteiger partial charge in [0.15, 0.2) is 0 Å². The number of nitrogens with one attached hydrogen (secondary N) is 2. The maximum atomic E-state index is 12.4. The molecule has 0 spiro atoms. The molecule has 1 amide bonds. The molecular formula is C13H16FN3O. The molecule has 4 nitrogen and oxygen atoms in total. The molecule has 18 heavy (non-hydrogen) atoms. The number of fused-ring (bicyclic) bond motifs is 3. The molecule has 5 heteroatoms. The number of hydrogen-bond acceptors (Lipinski definition) is 3. The van der Waals surface area contributed by atoms with E-state index in [9.17, 15) is 9.18 Å². The number of rotatable bonds is 2. The van der Waals surface area contributed by atoms with Crippen molar-refractivity contribution in [1.29, 1.82) is 0 Å². The average molecular weight is 249 g/mol. The Labute approximate surface area is 105 Å². The van der Waals surface area contributed by atoms with Crippen LogP contribution < -0.4 is 15.5 Å². The number of hydrogen-bond donors (Lipinski definition) is 2. The van der Waals surface area contributed by atoms with Gasteiger partial charge < -0.3 is 15.5 Å². The number of aryl methyl sites for hydroxylation is 1. The Morgan fingerprint density at radius 2 is 2.33 bits per heavy atom. The van der Waals surface area contributed by atoms with Crippen LogP contribution in [0.15, 0.2) is 18.2 Å². The average Bonchev–Trinajstić information content (AvgIpc) is 2.39. The summed E-state index contributed by atoms with van der Waals surface area (Å²) in [6, 6.07) is 5.58. The van der Waals surface area contributed by atoms with Gasteiger partial charge in [0.25, 0.3) is 5.91 Å². The Morgan fingerprint density at radius 3 is 3.17 bits per heavy atom. The highest BCUT2D eigenvalue weighted by atomic mass is 19.1. The molecule has 2 heterocycles. The van der Waals surface area contributed by atoms with Crippen LogP contribution in [0.2, 0.25) is 0 Å². The number of nitrogens with zero attached hydrogens (tertiary/aromatic N) is 1. The fraction of sp³-hybridized carbons (Fsp3) is 0.462. The van der Waals surface area contributed by atoms with Crippen molar-refractivity contribution in [3.63, 3.8) is 0 Å². The second kappa shape index (κ2) is 4.57. The quantitative estimate of drug-likeness (QED) is 0.810. The second-order valence-electron chi connectivity index (χ2n) is 4.68. The first-order valence-corrected chi connectivity index (χ1v) is 6.27. The van der Waals surface area contributed by atoms with Crippen LogP contribution >= 0.6 is 0 Å². The highest BCUT2D eigenvalue weighted by molar-refractivity contribution is 6.02. The van der Waals surface area contributed by atoms with Crippen molar-refractivity contribution in [2.45, 2.75) is 12.6 Å². The van der Waals surface area contributed by atoms with E-state index in [0.29, 0.717) is 12.0 Å². The van der Waals surface area contributed by atoms with Crippen molar-refractivity contribution >= 4 is 11.6 Å². The zero-order valence-corrected chi connectivity index (χ0v) is 10.1. The standard InChI is InChI=1S/C13H16FN3O/c14-4-3-9-1-2-10-11(7-9)17-6-5-15-8-12(17)16-13(10)18/h1-2,7,12,15H,3-6,8H2,(H,16,18). The Balaban J connectivity index is 2.00. The Bertz CT molecular complexity index is 477. The summed E-state index contributed by atoms with van der Waals surface area (Å²) in [6.07, 6.45) is 0.422. The molecule has 3 rings (SSSR count). The summed E-state index contributed by atoms with van der Waals surface area (Å²) in [4.78, 5) is 14.2. The number of amides is 1. The molecule has 1 atom stereocenters. The fourth-order valence-electron chi connectivity index (χ4n) is 2.62. The minimum Gasteiger partial charge on any atom is -0.348 e. The second-order valence-corrected chi connectivity index (χ2v) is 4.68. The number of carbonyl (C=O) groups is 1. The van der Waals surface area contributed by atoms with Crippen LogP contribution in [0, 0.1) is 0 Å². The zero-order valence-electron chi connectivity index (χ0n) is 10.1. The molecular weight excluding hydrogens is 233 g/mol. The highest BCUT2D eigenvalue weighted by Crippen LogP contribution is 2.28. The van der Waals surface area contributed by atoms with Gasteiger partial charge in [-0.3, -0.25) is 9.18 Å². The van der Waals surface area contributed by atoms with E-state index < -0.39 is 0 Å². The van der Waals surface area contributed by atoms with Gasteiger partial charge in [-0.25, -0.2) is 0 Å². The molecule has 0 radical (unpaired) electrons. The highest BCUT2D eigenvalue weighted by Gasteiger charge is 2.32. The lowest BCUT2D eigenvalue weighted by atomic mass is 10.0. The number of alkyl halides is 1. The van der Waals surface area contributed by atoms with E-state index in [4.69, 9.17) is 0 Å². The van der Waals surface area contributed by atoms with Gasteiger partial charge in [-0.2, -0.15) is 0 Å². The first kappa shape index (κ1) is 11.5. The minimum absolute atomic E-state index is 0.0133. The monoisotopic (exact) mass is 249 g/mol. The van der Waals surface area contributed by atoms with E-state index in [1.807, 2.05) is 12.1 Å². The van der Waals surface area contributed by atoms with Gasteiger partial charge in [0.05, 0.1) is 17.9 Å². The van der Waals surface area contributed by atoms with E-state index in [1.54, 1.807) is 6.07 Å². The Morgan fingerprint density at radius 1 is 1.44 bits per heavy atom. The molecule has 2 aliphatic rings. The largest absolute Gasteiger partial charge is 0.348 e. The maximum Gasteiger partial charge on any atom is 0.255 e. The lowest BCUT2D eigenvalue weighted by Gasteiger charge is -2.42. The molecule has 1 saturated heterocycles. The number of halogens is 1. The predicted octanol–water partition coefficient (Wildman–Crippen LogP) is 0.678. The summed E-state index contributed by atoms with van der Waals surface area (Å²) in [7, 11) is 0. The molecule has 96 valence electrons. The lowest BCUT2D eigenvalue weighted by Crippen LogP contribution is -2.62. The number of anilines is 1. The predicted molar refractivity (Wildman–Crippen MR) is 67.6 cm³/mol. The molecule has 2 N–H and O–H groups in total. The van der Waals surface area contributed by atoms with Crippen LogP contribution in [-0.2, 0) is 6.42 Å². The fourth-order valence-corrected chi connectivity index (χ4v) is 2.62. The topological polar surface area (TPSA) is 44.4 Å². The van der Waals surface area contributed by atoms with Crippen molar-refractivity contribution < 1.29 is 9.18 Å². The molecule has 0 aromatic heterocycles. The van der Waals surface area contributed by atoms with Crippen LogP contribution in [0.25, 0.3) is 0 Å². The van der Waals surface area contributed by atoms with Crippen molar-refractivity contribution in [1.82, 2.24) is 10.6 Å². The van der Waals surface area contributed by atoms with Crippen LogP contribution in [0.1, 0.15) is 15.9 Å². The SMILES string of the molecule is O=C1NC2CNCCN2c2cc(CCF)ccc21. The van der Waals surface area contributed by atoms with Crippen LogP contribution in [0.4, 0.5) is 10.1 Å². The first-order chi connectivity index (χ1) is 8.79. The van der Waals surface area contributed by atoms with E-state index in [0.717, 1.165) is 30.9 Å². The van der Waals surface area contributed by atoms with Gasteiger partial charge >= 0.3 is 0 Å². The van der Waals surface area contributed by atoms with E-state index in [2.05, 4.69) is 15.5 Å². The maximum absolute atomic E-state index is 12.4. The van der Waals surface area contributed by atoms with Crippen LogP contribution in [0.5, 0.6) is 0 Å². The number of carbonyl (C=O) groups excluding carboxylic acids is 1. The summed E-state index contributed by atoms with van der Waals surface area (Å²) in [6.45, 7) is 2.14. The van der Waals surface area contributed by atoms with Crippen molar-refractivity contribution in [2.75, 3.05) is 31.2 Å². The Hall–Kier alpha value is -1.62. The van der Waals surface area contributed by atoms with Gasteiger partial charge in [0.2, 0.25) is 0 Å². The summed E-state index contributed by atoms with van der Waals surface area (Å²) >= 11 is 0.